The zero-order valence-electron chi connectivity index (χ0n) is 22.1. The molecule has 4 rings (SSSR count). The fourth-order valence-corrected chi connectivity index (χ4v) is 6.02. The first-order valence-electron chi connectivity index (χ1n) is 13.7. The Labute approximate surface area is 230 Å². The van der Waals surface area contributed by atoms with Gasteiger partial charge in [0.25, 0.3) is 0 Å². The van der Waals surface area contributed by atoms with E-state index in [4.69, 9.17) is 16.3 Å². The molecule has 0 bridgehead atoms. The van der Waals surface area contributed by atoms with E-state index < -0.39 is 12.1 Å². The van der Waals surface area contributed by atoms with Crippen LogP contribution < -0.4 is 4.74 Å². The summed E-state index contributed by atoms with van der Waals surface area (Å²) in [4.78, 5) is 18.2. The maximum Gasteiger partial charge on any atom is 0.303 e. The number of pyridine rings is 1. The molecule has 0 amide bonds. The van der Waals surface area contributed by atoms with E-state index in [2.05, 4.69) is 16.0 Å². The fourth-order valence-electron chi connectivity index (χ4n) is 5.79. The molecule has 1 aliphatic rings. The number of halogens is 2. The highest BCUT2D eigenvalue weighted by Gasteiger charge is 2.30. The number of ether oxygens (including phenoxy) is 1. The molecule has 204 valence electrons. The lowest BCUT2D eigenvalue weighted by Gasteiger charge is -2.39. The summed E-state index contributed by atoms with van der Waals surface area (Å²) in [7, 11) is 1.60. The molecular formula is C31H38ClFN2O3. The highest BCUT2D eigenvalue weighted by atomic mass is 35.5. The topological polar surface area (TPSA) is 62.7 Å². The van der Waals surface area contributed by atoms with Crippen molar-refractivity contribution in [3.63, 3.8) is 0 Å². The minimum Gasteiger partial charge on any atom is -0.497 e. The zero-order chi connectivity index (χ0) is 26.9. The SMILES string of the molecule is COc1ccc2nccc([C@H](F)CC[C@@H]3CCN(CCCCc4ccccc4Cl)C[C@H]3CCC(=O)O)c2c1. The van der Waals surface area contributed by atoms with Crippen LogP contribution in [0, 0.1) is 11.8 Å². The van der Waals surface area contributed by atoms with Crippen molar-refractivity contribution in [3.8, 4) is 5.75 Å². The lowest BCUT2D eigenvalue weighted by molar-refractivity contribution is -0.137. The number of methoxy groups -OCH3 is 1. The second-order valence-corrected chi connectivity index (χ2v) is 10.8. The van der Waals surface area contributed by atoms with Crippen LogP contribution in [0.1, 0.15) is 62.2 Å². The Morgan fingerprint density at radius 3 is 2.82 bits per heavy atom. The molecule has 2 heterocycles. The zero-order valence-corrected chi connectivity index (χ0v) is 22.9. The number of aliphatic carboxylic acids is 1. The van der Waals surface area contributed by atoms with Crippen LogP contribution >= 0.6 is 11.6 Å². The molecule has 3 aromatic rings. The van der Waals surface area contributed by atoms with Gasteiger partial charge in [-0.1, -0.05) is 29.8 Å². The molecule has 2 aromatic carbocycles. The summed E-state index contributed by atoms with van der Waals surface area (Å²) in [6, 6.07) is 15.3. The number of nitrogens with zero attached hydrogens (tertiary/aromatic N) is 2. The first-order valence-corrected chi connectivity index (χ1v) is 14.1. The number of carboxylic acids is 1. The number of benzene rings is 2. The Morgan fingerprint density at radius 1 is 1.18 bits per heavy atom. The van der Waals surface area contributed by atoms with E-state index in [9.17, 15) is 9.90 Å². The van der Waals surface area contributed by atoms with Gasteiger partial charge < -0.3 is 14.7 Å². The molecule has 0 saturated carbocycles. The molecule has 38 heavy (non-hydrogen) atoms. The summed E-state index contributed by atoms with van der Waals surface area (Å²) < 4.78 is 20.9. The fraction of sp³-hybridized carbons (Fsp3) is 0.484. The molecule has 3 atom stereocenters. The van der Waals surface area contributed by atoms with Crippen LogP contribution in [0.3, 0.4) is 0 Å². The van der Waals surface area contributed by atoms with Crippen molar-refractivity contribution in [2.75, 3.05) is 26.7 Å². The van der Waals surface area contributed by atoms with E-state index in [0.29, 0.717) is 30.1 Å². The van der Waals surface area contributed by atoms with Crippen LogP contribution in [0.5, 0.6) is 5.75 Å². The molecule has 0 unspecified atom stereocenters. The quantitative estimate of drug-likeness (QED) is 0.227. The Morgan fingerprint density at radius 2 is 2.03 bits per heavy atom. The Hall–Kier alpha value is -2.70. The third-order valence-corrected chi connectivity index (χ3v) is 8.31. The van der Waals surface area contributed by atoms with Crippen LogP contribution in [0.2, 0.25) is 5.02 Å². The molecule has 1 N–H and O–H groups in total. The van der Waals surface area contributed by atoms with Crippen LogP contribution in [0.25, 0.3) is 10.9 Å². The Balaban J connectivity index is 1.32. The van der Waals surface area contributed by atoms with Crippen molar-refractivity contribution >= 4 is 28.5 Å². The van der Waals surface area contributed by atoms with Crippen molar-refractivity contribution in [3.05, 3.63) is 70.9 Å². The number of unbranched alkanes of at least 4 members (excludes halogenated alkanes) is 1. The van der Waals surface area contributed by atoms with Crippen molar-refractivity contribution in [1.29, 1.82) is 0 Å². The third-order valence-electron chi connectivity index (χ3n) is 7.94. The third kappa shape index (κ3) is 7.67. The number of likely N-dealkylation sites (tertiary alicyclic amines) is 1. The molecule has 0 aliphatic carbocycles. The number of alkyl halides is 1. The van der Waals surface area contributed by atoms with Crippen LogP contribution in [0.4, 0.5) is 4.39 Å². The molecule has 0 radical (unpaired) electrons. The van der Waals surface area contributed by atoms with E-state index in [0.717, 1.165) is 67.7 Å². The standard InChI is InChI=1S/C31H38ClFN2O3/c1-38-25-11-13-30-27(20-25)26(15-17-34-30)29(33)12-9-22-16-19-35(21-24(22)10-14-31(36)37)18-5-4-7-23-6-2-3-8-28(23)32/h2-3,6,8,11,13,15,17,20,22,24,29H,4-5,7,9-10,12,14,16,18-19,21H2,1H3,(H,36,37)/t22-,24-,29-/m1/s1. The van der Waals surface area contributed by atoms with Crippen molar-refractivity contribution < 1.29 is 19.0 Å². The predicted octanol–water partition coefficient (Wildman–Crippen LogP) is 7.51. The predicted molar refractivity (Wildman–Crippen MR) is 151 cm³/mol. The summed E-state index contributed by atoms with van der Waals surface area (Å²) in [6.45, 7) is 2.86. The van der Waals surface area contributed by atoms with E-state index in [1.165, 1.54) is 5.56 Å². The van der Waals surface area contributed by atoms with Gasteiger partial charge in [-0.05, 0) is 111 Å². The van der Waals surface area contributed by atoms with Gasteiger partial charge in [-0.25, -0.2) is 4.39 Å². The minimum absolute atomic E-state index is 0.162. The van der Waals surface area contributed by atoms with Gasteiger partial charge >= 0.3 is 5.97 Å². The molecule has 1 aliphatic heterocycles. The number of piperidine rings is 1. The van der Waals surface area contributed by atoms with Gasteiger partial charge in [0.2, 0.25) is 0 Å². The van der Waals surface area contributed by atoms with Gasteiger partial charge in [0.1, 0.15) is 11.9 Å². The molecule has 0 spiro atoms. The lowest BCUT2D eigenvalue weighted by atomic mass is 9.79. The number of hydrogen-bond acceptors (Lipinski definition) is 4. The van der Waals surface area contributed by atoms with Crippen molar-refractivity contribution in [2.24, 2.45) is 11.8 Å². The largest absolute Gasteiger partial charge is 0.497 e. The number of rotatable bonds is 13. The van der Waals surface area contributed by atoms with Crippen LogP contribution in [-0.2, 0) is 11.2 Å². The average molecular weight is 541 g/mol. The molecule has 1 aromatic heterocycles. The maximum atomic E-state index is 15.6. The van der Waals surface area contributed by atoms with Gasteiger partial charge in [-0.3, -0.25) is 9.78 Å². The summed E-state index contributed by atoms with van der Waals surface area (Å²) >= 11 is 6.29. The summed E-state index contributed by atoms with van der Waals surface area (Å²) in [5, 5.41) is 10.9. The van der Waals surface area contributed by atoms with E-state index >= 15 is 4.39 Å². The highest BCUT2D eigenvalue weighted by Crippen LogP contribution is 2.36. The van der Waals surface area contributed by atoms with Gasteiger partial charge in [-0.15, -0.1) is 0 Å². The Bertz CT molecular complexity index is 1210. The molecular weight excluding hydrogens is 503 g/mol. The summed E-state index contributed by atoms with van der Waals surface area (Å²) in [5.41, 5.74) is 2.59. The minimum atomic E-state index is -1.10. The second kappa shape index (κ2) is 13.9. The van der Waals surface area contributed by atoms with Gasteiger partial charge in [0.15, 0.2) is 0 Å². The Kier molecular flexibility index (Phi) is 10.4. The monoisotopic (exact) mass is 540 g/mol. The maximum absolute atomic E-state index is 15.6. The van der Waals surface area contributed by atoms with E-state index in [-0.39, 0.29) is 12.3 Å². The average Bonchev–Trinajstić information content (AvgIpc) is 2.93. The van der Waals surface area contributed by atoms with Crippen molar-refractivity contribution in [2.45, 2.75) is 57.5 Å². The smallest absolute Gasteiger partial charge is 0.303 e. The first kappa shape index (κ1) is 28.3. The molecule has 1 saturated heterocycles. The lowest BCUT2D eigenvalue weighted by Crippen LogP contribution is -2.41. The van der Waals surface area contributed by atoms with Gasteiger partial charge in [-0.2, -0.15) is 0 Å². The van der Waals surface area contributed by atoms with Gasteiger partial charge in [0, 0.05) is 29.6 Å². The van der Waals surface area contributed by atoms with E-state index in [1.54, 1.807) is 19.4 Å². The second-order valence-electron chi connectivity index (χ2n) is 10.4. The van der Waals surface area contributed by atoms with Gasteiger partial charge in [0.05, 0.1) is 12.6 Å². The number of aryl methyl sites for hydroxylation is 1. The van der Waals surface area contributed by atoms with Crippen molar-refractivity contribution in [1.82, 2.24) is 9.88 Å². The number of carboxylic acid groups (broad SMARTS) is 1. The van der Waals surface area contributed by atoms with E-state index in [1.807, 2.05) is 36.4 Å². The first-order chi connectivity index (χ1) is 18.4. The molecule has 5 nitrogen and oxygen atoms in total. The highest BCUT2D eigenvalue weighted by molar-refractivity contribution is 6.31. The normalized spacial score (nSPS) is 18.9. The number of carbonyl (C=O) groups is 1. The molecule has 1 fully saturated rings. The molecule has 7 heteroatoms. The summed E-state index contributed by atoms with van der Waals surface area (Å²) in [5.74, 6) is 0.521. The number of aromatic nitrogens is 1. The number of hydrogen-bond donors (Lipinski definition) is 1. The van der Waals surface area contributed by atoms with Crippen LogP contribution in [0.15, 0.2) is 54.7 Å². The number of fused-ring (bicyclic) bond motifs is 1. The summed E-state index contributed by atoms with van der Waals surface area (Å²) in [6.07, 6.45) is 6.62. The van der Waals surface area contributed by atoms with Crippen LogP contribution in [-0.4, -0.2) is 47.7 Å².